The van der Waals surface area contributed by atoms with Gasteiger partial charge < -0.3 is 24.7 Å². The normalized spacial score (nSPS) is 11.7. The highest BCUT2D eigenvalue weighted by Crippen LogP contribution is 2.14. The van der Waals surface area contributed by atoms with Gasteiger partial charge in [-0.3, -0.25) is 23.5 Å². The molecule has 3 rings (SSSR count). The standard InChI is InChI=1S/C25H32N6O7/c1-6-37-19(32)13-12-17(24(35)38-7-2)27-22(33)15-8-10-16(11-9-15)26-14-18-28-21-20(29(18)3)23(34)31(5)25(36)30(21)4/h8-11,17,26H,6-7,12-14H2,1-5H3,(H,27,33)/t17-/m0/s1. The molecule has 0 aliphatic carbocycles. The lowest BCUT2D eigenvalue weighted by molar-refractivity contribution is -0.146. The van der Waals surface area contributed by atoms with Crippen molar-refractivity contribution >= 4 is 34.7 Å². The van der Waals surface area contributed by atoms with Crippen LogP contribution in [0.3, 0.4) is 0 Å². The van der Waals surface area contributed by atoms with E-state index >= 15 is 0 Å². The first-order valence-corrected chi connectivity index (χ1v) is 12.2. The Kier molecular flexibility index (Phi) is 9.05. The van der Waals surface area contributed by atoms with E-state index in [-0.39, 0.29) is 32.6 Å². The summed E-state index contributed by atoms with van der Waals surface area (Å²) in [5.41, 5.74) is 0.714. The van der Waals surface area contributed by atoms with Gasteiger partial charge in [0.15, 0.2) is 11.2 Å². The number of hydrogen-bond acceptors (Lipinski definition) is 9. The molecular weight excluding hydrogens is 496 g/mol. The molecule has 0 saturated heterocycles. The molecule has 38 heavy (non-hydrogen) atoms. The van der Waals surface area contributed by atoms with E-state index in [9.17, 15) is 24.0 Å². The second-order valence-electron chi connectivity index (χ2n) is 8.52. The summed E-state index contributed by atoms with van der Waals surface area (Å²) in [6, 6.07) is 5.54. The van der Waals surface area contributed by atoms with Crippen LogP contribution in [-0.2, 0) is 46.8 Å². The number of amides is 1. The Labute approximate surface area is 218 Å². The number of benzene rings is 1. The summed E-state index contributed by atoms with van der Waals surface area (Å²) in [6.45, 7) is 3.96. The van der Waals surface area contributed by atoms with Gasteiger partial charge in [-0.05, 0) is 44.5 Å². The van der Waals surface area contributed by atoms with Crippen LogP contribution in [0, 0.1) is 0 Å². The van der Waals surface area contributed by atoms with Gasteiger partial charge in [-0.1, -0.05) is 0 Å². The Bertz CT molecular complexity index is 1450. The van der Waals surface area contributed by atoms with Crippen LogP contribution in [0.4, 0.5) is 5.69 Å². The molecule has 0 bridgehead atoms. The lowest BCUT2D eigenvalue weighted by Crippen LogP contribution is -2.42. The fraction of sp³-hybridized carbons (Fsp3) is 0.440. The van der Waals surface area contributed by atoms with Crippen LogP contribution in [-0.4, -0.2) is 55.8 Å². The number of rotatable bonds is 11. The van der Waals surface area contributed by atoms with Gasteiger partial charge >= 0.3 is 17.6 Å². The van der Waals surface area contributed by atoms with Gasteiger partial charge in [0.05, 0.1) is 19.8 Å². The number of imidazole rings is 1. The summed E-state index contributed by atoms with van der Waals surface area (Å²) < 4.78 is 13.9. The Hall–Kier alpha value is -4.42. The van der Waals surface area contributed by atoms with Gasteiger partial charge in [0.2, 0.25) is 0 Å². The van der Waals surface area contributed by atoms with E-state index < -0.39 is 35.1 Å². The van der Waals surface area contributed by atoms with Gasteiger partial charge in [-0.15, -0.1) is 0 Å². The zero-order valence-corrected chi connectivity index (χ0v) is 22.1. The molecule has 2 heterocycles. The highest BCUT2D eigenvalue weighted by molar-refractivity contribution is 5.97. The van der Waals surface area contributed by atoms with Crippen LogP contribution >= 0.6 is 0 Å². The summed E-state index contributed by atoms with van der Waals surface area (Å²) in [5.74, 6) is -1.04. The van der Waals surface area contributed by atoms with Gasteiger partial charge in [-0.2, -0.15) is 0 Å². The van der Waals surface area contributed by atoms with Crippen molar-refractivity contribution in [3.05, 3.63) is 56.5 Å². The second-order valence-corrected chi connectivity index (χ2v) is 8.52. The molecule has 0 aliphatic heterocycles. The summed E-state index contributed by atoms with van der Waals surface area (Å²) in [6.07, 6.45) is 0.0126. The smallest absolute Gasteiger partial charge is 0.332 e. The van der Waals surface area contributed by atoms with Gasteiger partial charge in [-0.25, -0.2) is 14.6 Å². The molecule has 2 N–H and O–H groups in total. The van der Waals surface area contributed by atoms with E-state index in [1.807, 2.05) is 0 Å². The molecular formula is C25H32N6O7. The maximum atomic E-state index is 12.8. The van der Waals surface area contributed by atoms with Gasteiger partial charge in [0.25, 0.3) is 11.5 Å². The number of aryl methyl sites for hydroxylation is 2. The third-order valence-corrected chi connectivity index (χ3v) is 5.98. The quantitative estimate of drug-likeness (QED) is 0.340. The van der Waals surface area contributed by atoms with E-state index in [4.69, 9.17) is 9.47 Å². The van der Waals surface area contributed by atoms with Gasteiger partial charge in [0, 0.05) is 38.8 Å². The number of aromatic nitrogens is 4. The summed E-state index contributed by atoms with van der Waals surface area (Å²) in [7, 11) is 4.68. The van der Waals surface area contributed by atoms with Gasteiger partial charge in [0.1, 0.15) is 11.9 Å². The number of fused-ring (bicyclic) bond motifs is 1. The SMILES string of the molecule is CCOC(=O)CC[C@H](NC(=O)c1ccc(NCc2nc3c(c(=O)n(C)c(=O)n3C)n2C)cc1)C(=O)OCC. The highest BCUT2D eigenvalue weighted by atomic mass is 16.5. The molecule has 2 aromatic heterocycles. The predicted molar refractivity (Wildman–Crippen MR) is 139 cm³/mol. The number of nitrogens with one attached hydrogen (secondary N) is 2. The van der Waals surface area contributed by atoms with E-state index in [2.05, 4.69) is 15.6 Å². The molecule has 0 unspecified atom stereocenters. The van der Waals surface area contributed by atoms with Crippen molar-refractivity contribution in [1.82, 2.24) is 24.0 Å². The van der Waals surface area contributed by atoms with Crippen molar-refractivity contribution in [1.29, 1.82) is 0 Å². The minimum atomic E-state index is -0.995. The average Bonchev–Trinajstić information content (AvgIpc) is 3.23. The van der Waals surface area contributed by atoms with E-state index in [0.717, 1.165) is 4.57 Å². The highest BCUT2D eigenvalue weighted by Gasteiger charge is 2.24. The molecule has 0 spiro atoms. The Morgan fingerprint density at radius 1 is 0.947 bits per heavy atom. The molecule has 0 aliphatic rings. The molecule has 0 radical (unpaired) electrons. The van der Waals surface area contributed by atoms with E-state index in [1.165, 1.54) is 11.6 Å². The number of carbonyl (C=O) groups excluding carboxylic acids is 3. The number of nitrogens with zero attached hydrogens (tertiary/aromatic N) is 4. The van der Waals surface area contributed by atoms with Crippen LogP contribution in [0.25, 0.3) is 11.2 Å². The molecule has 13 heteroatoms. The third-order valence-electron chi connectivity index (χ3n) is 5.98. The van der Waals surface area contributed by atoms with Crippen molar-refractivity contribution < 1.29 is 23.9 Å². The lowest BCUT2D eigenvalue weighted by Gasteiger charge is -2.17. The summed E-state index contributed by atoms with van der Waals surface area (Å²) in [4.78, 5) is 65.9. The second kappa shape index (κ2) is 12.2. The maximum absolute atomic E-state index is 12.8. The van der Waals surface area contributed by atoms with Crippen LogP contribution in [0.1, 0.15) is 42.9 Å². The number of carbonyl (C=O) groups is 3. The molecule has 204 valence electrons. The third kappa shape index (κ3) is 6.10. The minimum absolute atomic E-state index is 0.0388. The number of hydrogen-bond donors (Lipinski definition) is 2. The first kappa shape index (κ1) is 28.2. The monoisotopic (exact) mass is 528 g/mol. The number of esters is 2. The van der Waals surface area contributed by atoms with Crippen molar-refractivity contribution in [3.8, 4) is 0 Å². The maximum Gasteiger partial charge on any atom is 0.332 e. The molecule has 3 aromatic rings. The molecule has 1 amide bonds. The topological polar surface area (TPSA) is 156 Å². The molecule has 0 fully saturated rings. The Morgan fingerprint density at radius 3 is 2.24 bits per heavy atom. The number of ether oxygens (including phenoxy) is 2. The first-order valence-electron chi connectivity index (χ1n) is 12.2. The largest absolute Gasteiger partial charge is 0.466 e. The first-order chi connectivity index (χ1) is 18.1. The fourth-order valence-electron chi connectivity index (χ4n) is 3.87. The minimum Gasteiger partial charge on any atom is -0.466 e. The van der Waals surface area contributed by atoms with Crippen LogP contribution in [0.5, 0.6) is 0 Å². The van der Waals surface area contributed by atoms with Crippen molar-refractivity contribution in [3.63, 3.8) is 0 Å². The summed E-state index contributed by atoms with van der Waals surface area (Å²) in [5, 5.41) is 5.80. The Balaban J connectivity index is 1.69. The molecule has 1 aromatic carbocycles. The van der Waals surface area contributed by atoms with Crippen LogP contribution in [0.15, 0.2) is 33.9 Å². The predicted octanol–water partition coefficient (Wildman–Crippen LogP) is 0.588. The zero-order valence-electron chi connectivity index (χ0n) is 22.1. The van der Waals surface area contributed by atoms with Crippen molar-refractivity contribution in [2.45, 2.75) is 39.3 Å². The summed E-state index contributed by atoms with van der Waals surface area (Å²) >= 11 is 0. The Morgan fingerprint density at radius 2 is 1.61 bits per heavy atom. The molecule has 0 saturated carbocycles. The van der Waals surface area contributed by atoms with E-state index in [0.29, 0.717) is 28.2 Å². The van der Waals surface area contributed by atoms with Crippen molar-refractivity contribution in [2.75, 3.05) is 18.5 Å². The average molecular weight is 529 g/mol. The lowest BCUT2D eigenvalue weighted by atomic mass is 10.1. The number of anilines is 1. The van der Waals surface area contributed by atoms with Crippen LogP contribution < -0.4 is 21.9 Å². The molecule has 1 atom stereocenters. The fourth-order valence-corrected chi connectivity index (χ4v) is 3.87. The van der Waals surface area contributed by atoms with E-state index in [1.54, 1.807) is 56.8 Å². The van der Waals surface area contributed by atoms with Crippen LogP contribution in [0.2, 0.25) is 0 Å². The van der Waals surface area contributed by atoms with Crippen molar-refractivity contribution in [2.24, 2.45) is 21.1 Å². The molecule has 13 nitrogen and oxygen atoms in total. The zero-order chi connectivity index (χ0) is 28.0.